The van der Waals surface area contributed by atoms with Crippen molar-refractivity contribution in [1.29, 1.82) is 0 Å². The van der Waals surface area contributed by atoms with Crippen LogP contribution in [0.3, 0.4) is 0 Å². The molecule has 70 valence electrons. The lowest BCUT2D eigenvalue weighted by Gasteiger charge is -2.05. The van der Waals surface area contributed by atoms with Gasteiger partial charge in [-0.3, -0.25) is 9.59 Å². The van der Waals surface area contributed by atoms with Crippen LogP contribution in [0.15, 0.2) is 0 Å². The SMILES string of the molecule is O=C(N[13CH2][13CH2][13C](=O)O)C(F)(F)F. The van der Waals surface area contributed by atoms with Crippen LogP contribution in [0.4, 0.5) is 13.2 Å². The number of rotatable bonds is 3. The van der Waals surface area contributed by atoms with Crippen molar-refractivity contribution in [3.63, 3.8) is 0 Å². The molecule has 0 saturated heterocycles. The maximum atomic E-state index is 11.4. The van der Waals surface area contributed by atoms with Crippen molar-refractivity contribution in [1.82, 2.24) is 5.32 Å². The molecule has 0 radical (unpaired) electrons. The van der Waals surface area contributed by atoms with Gasteiger partial charge in [0, 0.05) is 6.54 Å². The summed E-state index contributed by atoms with van der Waals surface area (Å²) in [6, 6.07) is 0. The molecule has 0 atom stereocenters. The average molecular weight is 188 g/mol. The van der Waals surface area contributed by atoms with E-state index in [2.05, 4.69) is 0 Å². The van der Waals surface area contributed by atoms with Crippen molar-refractivity contribution >= 4 is 11.9 Å². The smallest absolute Gasteiger partial charge is 0.471 e. The van der Waals surface area contributed by atoms with Crippen LogP contribution in [0.25, 0.3) is 0 Å². The van der Waals surface area contributed by atoms with Crippen LogP contribution in [-0.2, 0) is 9.59 Å². The predicted molar refractivity (Wildman–Crippen MR) is 31.3 cm³/mol. The molecule has 0 saturated carbocycles. The van der Waals surface area contributed by atoms with Gasteiger partial charge < -0.3 is 10.4 Å². The number of carboxylic acids is 1. The molecule has 0 rings (SSSR count). The Balaban J connectivity index is 3.66. The van der Waals surface area contributed by atoms with E-state index >= 15 is 0 Å². The fourth-order valence-corrected chi connectivity index (χ4v) is 0.383. The van der Waals surface area contributed by atoms with E-state index in [9.17, 15) is 22.8 Å². The van der Waals surface area contributed by atoms with Gasteiger partial charge in [-0.25, -0.2) is 0 Å². The third kappa shape index (κ3) is 4.53. The first-order valence-electron chi connectivity index (χ1n) is 2.91. The normalized spacial score (nSPS) is 10.9. The minimum atomic E-state index is -4.95. The molecule has 0 aromatic rings. The fourth-order valence-electron chi connectivity index (χ4n) is 0.383. The first kappa shape index (κ1) is 10.7. The zero-order chi connectivity index (χ0) is 9.78. The van der Waals surface area contributed by atoms with Crippen molar-refractivity contribution in [2.24, 2.45) is 0 Å². The van der Waals surface area contributed by atoms with E-state index in [4.69, 9.17) is 5.11 Å². The Morgan fingerprint density at radius 3 is 2.17 bits per heavy atom. The van der Waals surface area contributed by atoms with Gasteiger partial charge in [-0.05, 0) is 0 Å². The van der Waals surface area contributed by atoms with E-state index < -0.39 is 31.0 Å². The minimum Gasteiger partial charge on any atom is -0.481 e. The van der Waals surface area contributed by atoms with Gasteiger partial charge in [0.1, 0.15) is 0 Å². The summed E-state index contributed by atoms with van der Waals surface area (Å²) < 4.78 is 34.2. The summed E-state index contributed by atoms with van der Waals surface area (Å²) in [4.78, 5) is 19.8. The van der Waals surface area contributed by atoms with Gasteiger partial charge in [0.15, 0.2) is 0 Å². The predicted octanol–water partition coefficient (Wildman–Crippen LogP) is 0.140. The lowest BCUT2D eigenvalue weighted by molar-refractivity contribution is -0.173. The summed E-state index contributed by atoms with van der Waals surface area (Å²) >= 11 is 0. The van der Waals surface area contributed by atoms with Crippen molar-refractivity contribution < 1.29 is 27.9 Å². The molecule has 0 aliphatic carbocycles. The fraction of sp³-hybridized carbons (Fsp3) is 0.600. The molecule has 0 aromatic heterocycles. The van der Waals surface area contributed by atoms with Crippen molar-refractivity contribution in [2.45, 2.75) is 12.6 Å². The molecule has 0 spiro atoms. The number of hydrogen-bond donors (Lipinski definition) is 2. The second-order valence-electron chi connectivity index (χ2n) is 1.90. The molecule has 0 bridgehead atoms. The number of aliphatic carboxylic acids is 1. The van der Waals surface area contributed by atoms with Crippen molar-refractivity contribution in [3.05, 3.63) is 0 Å². The molecule has 0 fully saturated rings. The minimum absolute atomic E-state index is 0.520. The standard InChI is InChI=1S/C5H6F3NO3/c6-5(7,8)4(12)9-2-1-3(10)11/h1-2H2,(H,9,12)(H,10,11)/i1+1,2+1,3+1. The molecule has 2 N–H and O–H groups in total. The van der Waals surface area contributed by atoms with Crippen LogP contribution in [-0.4, -0.2) is 29.7 Å². The van der Waals surface area contributed by atoms with E-state index in [0.29, 0.717) is 0 Å². The average Bonchev–Trinajstić information content (AvgIpc) is 1.84. The summed E-state index contributed by atoms with van der Waals surface area (Å²) in [5.74, 6) is -3.39. The van der Waals surface area contributed by atoms with Gasteiger partial charge >= 0.3 is 18.1 Å². The van der Waals surface area contributed by atoms with Crippen LogP contribution in [0.2, 0.25) is 0 Å². The highest BCUT2D eigenvalue weighted by Crippen LogP contribution is 2.13. The van der Waals surface area contributed by atoms with Gasteiger partial charge in [0.25, 0.3) is 0 Å². The number of nitrogens with one attached hydrogen (secondary N) is 1. The second-order valence-corrected chi connectivity index (χ2v) is 1.90. The number of amides is 1. The lowest BCUT2D eigenvalue weighted by atomic mass is 10.6. The van der Waals surface area contributed by atoms with Crippen molar-refractivity contribution in [3.8, 4) is 0 Å². The molecule has 7 heteroatoms. The Morgan fingerprint density at radius 2 is 1.83 bits per heavy atom. The Bertz CT molecular complexity index is 189. The summed E-state index contributed by atoms with van der Waals surface area (Å²) in [6.45, 7) is -0.520. The summed E-state index contributed by atoms with van der Waals surface area (Å²) in [5, 5.41) is 9.41. The Labute approximate surface area is 65.4 Å². The molecule has 12 heavy (non-hydrogen) atoms. The number of carboxylic acid groups (broad SMARTS) is 1. The van der Waals surface area contributed by atoms with E-state index in [1.807, 2.05) is 0 Å². The maximum Gasteiger partial charge on any atom is 0.471 e. The highest BCUT2D eigenvalue weighted by molar-refractivity contribution is 5.82. The van der Waals surface area contributed by atoms with Gasteiger partial charge in [-0.15, -0.1) is 0 Å². The maximum absolute atomic E-state index is 11.4. The Hall–Kier alpha value is -1.27. The van der Waals surface area contributed by atoms with E-state index in [1.165, 1.54) is 5.32 Å². The van der Waals surface area contributed by atoms with Crippen LogP contribution in [0.5, 0.6) is 0 Å². The molecule has 4 nitrogen and oxygen atoms in total. The quantitative estimate of drug-likeness (QED) is 0.619. The summed E-state index contributed by atoms with van der Waals surface area (Å²) in [7, 11) is 0. The van der Waals surface area contributed by atoms with Crippen LogP contribution < -0.4 is 5.32 Å². The van der Waals surface area contributed by atoms with E-state index in [1.54, 1.807) is 0 Å². The molecular weight excluding hydrogens is 182 g/mol. The number of carbonyl (C=O) groups is 2. The molecule has 0 aromatic carbocycles. The molecular formula is C5H6F3NO3. The van der Waals surface area contributed by atoms with Crippen LogP contribution in [0, 0.1) is 0 Å². The Morgan fingerprint density at radius 1 is 1.33 bits per heavy atom. The molecule has 1 amide bonds. The molecule has 0 unspecified atom stereocenters. The first-order chi connectivity index (χ1) is 5.34. The van der Waals surface area contributed by atoms with Crippen LogP contribution >= 0.6 is 0 Å². The zero-order valence-electron chi connectivity index (χ0n) is 5.81. The number of hydrogen-bond acceptors (Lipinski definition) is 2. The van der Waals surface area contributed by atoms with Crippen LogP contribution in [0.1, 0.15) is 6.42 Å². The summed E-state index contributed by atoms with van der Waals surface area (Å²) in [6.07, 6.45) is -5.47. The monoisotopic (exact) mass is 188 g/mol. The zero-order valence-corrected chi connectivity index (χ0v) is 5.81. The third-order valence-electron chi connectivity index (χ3n) is 0.882. The van der Waals surface area contributed by atoms with Crippen molar-refractivity contribution in [2.75, 3.05) is 6.54 Å². The molecule has 0 aliphatic heterocycles. The highest BCUT2D eigenvalue weighted by Gasteiger charge is 2.38. The first-order valence-corrected chi connectivity index (χ1v) is 2.91. The van der Waals surface area contributed by atoms with E-state index in [0.717, 1.165) is 0 Å². The largest absolute Gasteiger partial charge is 0.481 e. The second kappa shape index (κ2) is 3.93. The highest BCUT2D eigenvalue weighted by atomic mass is 19.4. The third-order valence-corrected chi connectivity index (χ3v) is 0.882. The van der Waals surface area contributed by atoms with Gasteiger partial charge in [-0.1, -0.05) is 0 Å². The molecule has 0 heterocycles. The Kier molecular flexibility index (Phi) is 3.52. The van der Waals surface area contributed by atoms with E-state index in [-0.39, 0.29) is 0 Å². The molecule has 0 aliphatic rings. The summed E-state index contributed by atoms with van der Waals surface area (Å²) in [5.41, 5.74) is 0. The number of halogens is 3. The lowest BCUT2D eigenvalue weighted by Crippen LogP contribution is -2.37. The van der Waals surface area contributed by atoms with Gasteiger partial charge in [0.2, 0.25) is 0 Å². The van der Waals surface area contributed by atoms with Gasteiger partial charge in [-0.2, -0.15) is 13.2 Å². The van der Waals surface area contributed by atoms with Gasteiger partial charge in [0.05, 0.1) is 6.42 Å². The number of carbonyl (C=O) groups excluding carboxylic acids is 1. The topological polar surface area (TPSA) is 66.4 Å². The number of alkyl halides is 3.